The molecule has 0 spiro atoms. The molecule has 2 saturated heterocycles. The van der Waals surface area contributed by atoms with Crippen molar-refractivity contribution in [3.05, 3.63) is 0 Å². The van der Waals surface area contributed by atoms with Crippen molar-refractivity contribution in [3.8, 4) is 0 Å². The zero-order valence-electron chi connectivity index (χ0n) is 12.0. The monoisotopic (exact) mass is 304 g/mol. The van der Waals surface area contributed by atoms with E-state index in [1.165, 1.54) is 0 Å². The minimum absolute atomic E-state index is 0.0688. The van der Waals surface area contributed by atoms with Gasteiger partial charge in [-0.25, -0.2) is 8.42 Å². The normalized spacial score (nSPS) is 32.4. The fourth-order valence-electron chi connectivity index (χ4n) is 2.84. The third-order valence-corrected chi connectivity index (χ3v) is 5.89. The van der Waals surface area contributed by atoms with Crippen molar-refractivity contribution in [1.82, 2.24) is 4.90 Å². The maximum absolute atomic E-state index is 12.7. The summed E-state index contributed by atoms with van der Waals surface area (Å²) in [4.78, 5) is 14.4. The summed E-state index contributed by atoms with van der Waals surface area (Å²) in [5, 5.41) is 0. The van der Waals surface area contributed by atoms with E-state index >= 15 is 0 Å². The maximum Gasteiger partial charge on any atom is 0.245 e. The summed E-state index contributed by atoms with van der Waals surface area (Å²) in [6, 6.07) is -0.222. The average molecular weight is 304 g/mol. The van der Waals surface area contributed by atoms with E-state index in [2.05, 4.69) is 0 Å². The minimum atomic E-state index is -3.01. The number of nitrogens with zero attached hydrogens (tertiary/aromatic N) is 1. The van der Waals surface area contributed by atoms with E-state index in [4.69, 9.17) is 10.5 Å². The molecule has 0 saturated carbocycles. The van der Waals surface area contributed by atoms with Crippen LogP contribution in [0.25, 0.3) is 0 Å². The first-order valence-corrected chi connectivity index (χ1v) is 9.08. The van der Waals surface area contributed by atoms with Crippen LogP contribution in [-0.2, 0) is 19.4 Å². The van der Waals surface area contributed by atoms with Gasteiger partial charge in [-0.3, -0.25) is 4.79 Å². The molecule has 2 N–H and O–H groups in total. The number of amides is 1. The Morgan fingerprint density at radius 1 is 1.50 bits per heavy atom. The molecule has 0 aromatic heterocycles. The molecule has 6 nitrogen and oxygen atoms in total. The van der Waals surface area contributed by atoms with E-state index in [1.807, 2.05) is 6.92 Å². The minimum Gasteiger partial charge on any atom is -0.379 e. The third-order valence-electron chi connectivity index (χ3n) is 4.14. The van der Waals surface area contributed by atoms with Crippen molar-refractivity contribution in [2.45, 2.75) is 44.2 Å². The van der Waals surface area contributed by atoms with Gasteiger partial charge in [0, 0.05) is 19.2 Å². The van der Waals surface area contributed by atoms with Crippen LogP contribution in [0.5, 0.6) is 0 Å². The van der Waals surface area contributed by atoms with Crippen molar-refractivity contribution in [1.29, 1.82) is 0 Å². The van der Waals surface area contributed by atoms with Crippen molar-refractivity contribution >= 4 is 15.7 Å². The predicted octanol–water partition coefficient (Wildman–Crippen LogP) is -0.0800. The fraction of sp³-hybridized carbons (Fsp3) is 0.923. The molecule has 2 rings (SSSR count). The molecule has 2 aliphatic heterocycles. The Morgan fingerprint density at radius 3 is 2.75 bits per heavy atom. The molecule has 1 amide bonds. The predicted molar refractivity (Wildman–Crippen MR) is 76.0 cm³/mol. The standard InChI is InChI=1S/C13H24N2O4S/c1-2-3-6-15(11-4-8-20(17,18)9-11)12(16)13(14)5-7-19-10-13/h11H,2-10,14H2,1H3. The summed E-state index contributed by atoms with van der Waals surface area (Å²) in [5.41, 5.74) is 5.17. The molecule has 2 heterocycles. The SMILES string of the molecule is CCCCN(C(=O)C1(N)CCOC1)C1CCS(=O)(=O)C1. The molecule has 2 aliphatic rings. The van der Waals surface area contributed by atoms with Crippen LogP contribution in [0.15, 0.2) is 0 Å². The van der Waals surface area contributed by atoms with E-state index < -0.39 is 15.4 Å². The van der Waals surface area contributed by atoms with Crippen LogP contribution in [-0.4, -0.2) is 62.1 Å². The zero-order valence-corrected chi connectivity index (χ0v) is 12.8. The summed E-state index contributed by atoms with van der Waals surface area (Å²) in [6.45, 7) is 3.35. The zero-order chi connectivity index (χ0) is 14.8. The van der Waals surface area contributed by atoms with E-state index in [0.717, 1.165) is 12.8 Å². The van der Waals surface area contributed by atoms with Crippen LogP contribution >= 0.6 is 0 Å². The number of ether oxygens (including phenoxy) is 1. The Labute approximate surface area is 120 Å². The van der Waals surface area contributed by atoms with Gasteiger partial charge in [-0.2, -0.15) is 0 Å². The number of carbonyl (C=O) groups is 1. The third kappa shape index (κ3) is 3.32. The number of hydrogen-bond acceptors (Lipinski definition) is 5. The lowest BCUT2D eigenvalue weighted by Gasteiger charge is -2.34. The molecular formula is C13H24N2O4S. The van der Waals surface area contributed by atoms with Crippen LogP contribution in [0.2, 0.25) is 0 Å². The molecule has 0 aromatic rings. The van der Waals surface area contributed by atoms with Crippen molar-refractivity contribution in [3.63, 3.8) is 0 Å². The Hall–Kier alpha value is -0.660. The highest BCUT2D eigenvalue weighted by Gasteiger charge is 2.44. The van der Waals surface area contributed by atoms with Crippen LogP contribution in [0.3, 0.4) is 0 Å². The van der Waals surface area contributed by atoms with Gasteiger partial charge in [0.05, 0.1) is 18.1 Å². The van der Waals surface area contributed by atoms with Crippen LogP contribution in [0, 0.1) is 0 Å². The lowest BCUT2D eigenvalue weighted by Crippen LogP contribution is -2.58. The van der Waals surface area contributed by atoms with Gasteiger partial charge in [-0.15, -0.1) is 0 Å². The summed E-state index contributed by atoms with van der Waals surface area (Å²) >= 11 is 0. The fourth-order valence-corrected chi connectivity index (χ4v) is 4.57. The number of carbonyl (C=O) groups excluding carboxylic acids is 1. The molecule has 116 valence electrons. The van der Waals surface area contributed by atoms with Crippen molar-refractivity contribution in [2.75, 3.05) is 31.3 Å². The van der Waals surface area contributed by atoms with Crippen LogP contribution in [0.1, 0.15) is 32.6 Å². The van der Waals surface area contributed by atoms with E-state index in [9.17, 15) is 13.2 Å². The number of hydrogen-bond donors (Lipinski definition) is 1. The Kier molecular flexibility index (Phi) is 4.71. The lowest BCUT2D eigenvalue weighted by atomic mass is 9.97. The molecule has 0 radical (unpaired) electrons. The highest BCUT2D eigenvalue weighted by molar-refractivity contribution is 7.91. The second kappa shape index (κ2) is 5.99. The van der Waals surface area contributed by atoms with E-state index in [-0.39, 0.29) is 30.1 Å². The molecule has 0 aliphatic carbocycles. The largest absolute Gasteiger partial charge is 0.379 e. The molecule has 0 bridgehead atoms. The van der Waals surface area contributed by atoms with Gasteiger partial charge < -0.3 is 15.4 Å². The lowest BCUT2D eigenvalue weighted by molar-refractivity contribution is -0.139. The second-order valence-corrected chi connectivity index (χ2v) is 8.10. The Morgan fingerprint density at radius 2 is 2.25 bits per heavy atom. The summed E-state index contributed by atoms with van der Waals surface area (Å²) in [7, 11) is -3.01. The van der Waals surface area contributed by atoms with E-state index in [1.54, 1.807) is 4.90 Å². The van der Waals surface area contributed by atoms with Crippen molar-refractivity contribution in [2.24, 2.45) is 5.73 Å². The van der Waals surface area contributed by atoms with Gasteiger partial charge in [-0.05, 0) is 19.3 Å². The molecule has 0 aromatic carbocycles. The molecule has 2 fully saturated rings. The molecule has 2 unspecified atom stereocenters. The van der Waals surface area contributed by atoms with Gasteiger partial charge in [-0.1, -0.05) is 13.3 Å². The second-order valence-electron chi connectivity index (χ2n) is 5.87. The Balaban J connectivity index is 2.13. The molecule has 20 heavy (non-hydrogen) atoms. The summed E-state index contributed by atoms with van der Waals surface area (Å²) in [6.07, 6.45) is 2.85. The van der Waals surface area contributed by atoms with Crippen molar-refractivity contribution < 1.29 is 17.9 Å². The number of unbranched alkanes of at least 4 members (excludes halogenated alkanes) is 1. The van der Waals surface area contributed by atoms with Gasteiger partial charge in [0.1, 0.15) is 5.54 Å². The van der Waals surface area contributed by atoms with Gasteiger partial charge in [0.2, 0.25) is 5.91 Å². The van der Waals surface area contributed by atoms with E-state index in [0.29, 0.717) is 26.0 Å². The van der Waals surface area contributed by atoms with Gasteiger partial charge >= 0.3 is 0 Å². The molecular weight excluding hydrogens is 280 g/mol. The van der Waals surface area contributed by atoms with Gasteiger partial charge in [0.25, 0.3) is 0 Å². The van der Waals surface area contributed by atoms with Gasteiger partial charge in [0.15, 0.2) is 9.84 Å². The maximum atomic E-state index is 12.7. The highest BCUT2D eigenvalue weighted by atomic mass is 32.2. The topological polar surface area (TPSA) is 89.7 Å². The molecule has 2 atom stereocenters. The number of rotatable bonds is 5. The highest BCUT2D eigenvalue weighted by Crippen LogP contribution is 2.24. The first-order chi connectivity index (χ1) is 9.38. The number of sulfone groups is 1. The number of nitrogens with two attached hydrogens (primary N) is 1. The molecule has 7 heteroatoms. The summed E-state index contributed by atoms with van der Waals surface area (Å²) < 4.78 is 28.5. The van der Waals surface area contributed by atoms with Crippen LogP contribution in [0.4, 0.5) is 0 Å². The smallest absolute Gasteiger partial charge is 0.245 e. The van der Waals surface area contributed by atoms with Crippen LogP contribution < -0.4 is 5.73 Å². The first kappa shape index (κ1) is 15.7. The first-order valence-electron chi connectivity index (χ1n) is 7.26. The average Bonchev–Trinajstić information content (AvgIpc) is 2.97. The Bertz CT molecular complexity index is 457. The quantitative estimate of drug-likeness (QED) is 0.767. The summed E-state index contributed by atoms with van der Waals surface area (Å²) in [5.74, 6) is 0.0895.